The third-order valence-corrected chi connectivity index (χ3v) is 6.87. The number of carbonyl (C=O) groups is 2. The van der Waals surface area contributed by atoms with Gasteiger partial charge in [0, 0.05) is 17.5 Å². The Morgan fingerprint density at radius 1 is 1.08 bits per heavy atom. The molecule has 198 valence electrons. The molecule has 0 aliphatic carbocycles. The van der Waals surface area contributed by atoms with E-state index in [1.54, 1.807) is 25.1 Å². The monoisotopic (exact) mass is 517 g/mol. The van der Waals surface area contributed by atoms with Crippen LogP contribution >= 0.6 is 0 Å². The van der Waals surface area contributed by atoms with Crippen LogP contribution in [0.2, 0.25) is 0 Å². The summed E-state index contributed by atoms with van der Waals surface area (Å²) in [4.78, 5) is 35.0. The van der Waals surface area contributed by atoms with Gasteiger partial charge in [0.25, 0.3) is 5.91 Å². The average Bonchev–Trinajstić information content (AvgIpc) is 3.13. The van der Waals surface area contributed by atoms with E-state index < -0.39 is 0 Å². The maximum atomic E-state index is 12.9. The van der Waals surface area contributed by atoms with E-state index in [1.165, 1.54) is 5.56 Å². The van der Waals surface area contributed by atoms with E-state index in [1.807, 2.05) is 48.5 Å². The Hall–Kier alpha value is -4.38. The van der Waals surface area contributed by atoms with Crippen molar-refractivity contribution in [2.75, 3.05) is 0 Å². The largest absolute Gasteiger partial charge is 0.310 e. The molecule has 3 aromatic rings. The molecule has 5 heteroatoms. The Bertz CT molecular complexity index is 1480. The predicted octanol–water partition coefficient (Wildman–Crippen LogP) is 7.00. The molecule has 1 amide bonds. The maximum absolute atomic E-state index is 12.9. The van der Waals surface area contributed by atoms with Crippen molar-refractivity contribution in [3.63, 3.8) is 0 Å². The first-order valence-electron chi connectivity index (χ1n) is 13.4. The molecule has 0 bridgehead atoms. The molecule has 1 heterocycles. The molecule has 0 saturated heterocycles. The molecule has 3 aromatic carbocycles. The molecule has 0 spiro atoms. The van der Waals surface area contributed by atoms with Crippen molar-refractivity contribution in [3.8, 4) is 0 Å². The van der Waals surface area contributed by atoms with E-state index >= 15 is 0 Å². The van der Waals surface area contributed by atoms with Crippen LogP contribution in [0.3, 0.4) is 0 Å². The highest BCUT2D eigenvalue weighted by Gasteiger charge is 2.18. The maximum Gasteiger partial charge on any atom is 0.256 e. The summed E-state index contributed by atoms with van der Waals surface area (Å²) in [6.07, 6.45) is 8.01. The lowest BCUT2D eigenvalue weighted by Crippen LogP contribution is -2.28. The van der Waals surface area contributed by atoms with Gasteiger partial charge in [0.05, 0.1) is 17.4 Å². The van der Waals surface area contributed by atoms with E-state index in [4.69, 9.17) is 4.99 Å². The van der Waals surface area contributed by atoms with Crippen LogP contribution in [0.1, 0.15) is 64.9 Å². The molecule has 5 nitrogen and oxygen atoms in total. The molecule has 1 aliphatic heterocycles. The SMILES string of the molecule is C=Cc1ccccc1N=C(C)NC(=O)c1cccc(CCC2CC(=O)C=CC(c3cc(CC)ccc3C)=N2)c1. The third-order valence-electron chi connectivity index (χ3n) is 6.87. The van der Waals surface area contributed by atoms with E-state index in [0.717, 1.165) is 40.1 Å². The fraction of sp³-hybridized carbons (Fsp3) is 0.235. The Morgan fingerprint density at radius 3 is 2.69 bits per heavy atom. The second kappa shape index (κ2) is 12.9. The first-order chi connectivity index (χ1) is 18.9. The zero-order valence-electron chi connectivity index (χ0n) is 22.9. The van der Waals surface area contributed by atoms with Gasteiger partial charge in [-0.3, -0.25) is 14.6 Å². The van der Waals surface area contributed by atoms with Crippen molar-refractivity contribution in [3.05, 3.63) is 119 Å². The van der Waals surface area contributed by atoms with Gasteiger partial charge in [-0.15, -0.1) is 0 Å². The number of amides is 1. The van der Waals surface area contributed by atoms with Crippen molar-refractivity contribution in [2.45, 2.75) is 52.5 Å². The van der Waals surface area contributed by atoms with Crippen molar-refractivity contribution in [1.82, 2.24) is 5.32 Å². The molecule has 1 unspecified atom stereocenters. The summed E-state index contributed by atoms with van der Waals surface area (Å²) in [7, 11) is 0. The number of ketones is 1. The third kappa shape index (κ3) is 7.35. The fourth-order valence-corrected chi connectivity index (χ4v) is 4.66. The number of aryl methyl sites for hydroxylation is 3. The van der Waals surface area contributed by atoms with Gasteiger partial charge < -0.3 is 5.32 Å². The first kappa shape index (κ1) is 27.6. The minimum absolute atomic E-state index is 0.0870. The number of para-hydroxylation sites is 1. The molecule has 1 aliphatic rings. The summed E-state index contributed by atoms with van der Waals surface area (Å²) in [5, 5.41) is 2.88. The smallest absolute Gasteiger partial charge is 0.256 e. The van der Waals surface area contributed by atoms with Gasteiger partial charge in [-0.1, -0.05) is 62.0 Å². The van der Waals surface area contributed by atoms with E-state index in [2.05, 4.69) is 48.9 Å². The lowest BCUT2D eigenvalue weighted by atomic mass is 9.99. The lowest BCUT2D eigenvalue weighted by molar-refractivity contribution is -0.114. The van der Waals surface area contributed by atoms with Crippen LogP contribution in [0.25, 0.3) is 6.08 Å². The zero-order chi connectivity index (χ0) is 27.8. The number of aliphatic imine (C=N–C) groups is 2. The van der Waals surface area contributed by atoms with Gasteiger partial charge in [0.1, 0.15) is 5.84 Å². The minimum atomic E-state index is -0.213. The van der Waals surface area contributed by atoms with Crippen molar-refractivity contribution >= 4 is 35.0 Å². The van der Waals surface area contributed by atoms with Gasteiger partial charge in [0.2, 0.25) is 0 Å². The van der Waals surface area contributed by atoms with E-state index in [0.29, 0.717) is 30.7 Å². The molecule has 0 radical (unpaired) electrons. The highest BCUT2D eigenvalue weighted by atomic mass is 16.1. The highest BCUT2D eigenvalue weighted by molar-refractivity contribution is 6.13. The Morgan fingerprint density at radius 2 is 1.90 bits per heavy atom. The summed E-state index contributed by atoms with van der Waals surface area (Å²) < 4.78 is 0. The van der Waals surface area contributed by atoms with Crippen LogP contribution in [0.5, 0.6) is 0 Å². The molecule has 1 atom stereocenters. The number of hydrogen-bond donors (Lipinski definition) is 1. The van der Waals surface area contributed by atoms with Gasteiger partial charge in [0.15, 0.2) is 5.78 Å². The number of benzene rings is 3. The molecule has 4 rings (SSSR count). The number of rotatable bonds is 8. The summed E-state index contributed by atoms with van der Waals surface area (Å²) in [6, 6.07) is 21.5. The Kier molecular flexibility index (Phi) is 9.16. The molecule has 1 N–H and O–H groups in total. The summed E-state index contributed by atoms with van der Waals surface area (Å²) in [5.41, 5.74) is 7.58. The summed E-state index contributed by atoms with van der Waals surface area (Å²) >= 11 is 0. The molecule has 0 aromatic heterocycles. The number of carbonyl (C=O) groups excluding carboxylic acids is 2. The zero-order valence-corrected chi connectivity index (χ0v) is 22.9. The molecule has 0 fully saturated rings. The second-order valence-corrected chi connectivity index (χ2v) is 9.83. The van der Waals surface area contributed by atoms with E-state index in [9.17, 15) is 9.59 Å². The predicted molar refractivity (Wildman–Crippen MR) is 161 cm³/mol. The Balaban J connectivity index is 1.46. The van der Waals surface area contributed by atoms with Crippen molar-refractivity contribution in [2.24, 2.45) is 9.98 Å². The first-order valence-corrected chi connectivity index (χ1v) is 13.4. The topological polar surface area (TPSA) is 70.9 Å². The van der Waals surface area contributed by atoms with Crippen molar-refractivity contribution < 1.29 is 9.59 Å². The second-order valence-electron chi connectivity index (χ2n) is 9.83. The van der Waals surface area contributed by atoms with Crippen LogP contribution in [0.4, 0.5) is 5.69 Å². The normalized spacial score (nSPS) is 15.5. The number of hydrogen-bond acceptors (Lipinski definition) is 4. The lowest BCUT2D eigenvalue weighted by Gasteiger charge is -2.14. The number of nitrogens with zero attached hydrogens (tertiary/aromatic N) is 2. The minimum Gasteiger partial charge on any atom is -0.310 e. The quantitative estimate of drug-likeness (QED) is 0.258. The van der Waals surface area contributed by atoms with Crippen LogP contribution in [0, 0.1) is 6.92 Å². The molecule has 0 saturated carbocycles. The number of nitrogens with one attached hydrogen (secondary N) is 1. The standard InChI is InChI=1S/C34H35N3O2/c1-5-25-15-14-23(3)31(21-25)33-19-18-30(38)22-29(37-33)17-16-26-10-9-12-28(20-26)34(39)36-24(4)35-32-13-8-7-11-27(32)6-2/h6-15,18-21,29H,2,5,16-17,22H2,1,3-4H3,(H,35,36,39). The Labute approximate surface area is 231 Å². The van der Waals surface area contributed by atoms with Crippen LogP contribution in [-0.4, -0.2) is 29.3 Å². The number of allylic oxidation sites excluding steroid dienone is 2. The van der Waals surface area contributed by atoms with Gasteiger partial charge in [-0.25, -0.2) is 4.99 Å². The van der Waals surface area contributed by atoms with Gasteiger partial charge >= 0.3 is 0 Å². The van der Waals surface area contributed by atoms with Gasteiger partial charge in [-0.05, 0) is 91.8 Å². The van der Waals surface area contributed by atoms with E-state index in [-0.39, 0.29) is 17.7 Å². The van der Waals surface area contributed by atoms with Crippen molar-refractivity contribution in [1.29, 1.82) is 0 Å². The fourth-order valence-electron chi connectivity index (χ4n) is 4.66. The summed E-state index contributed by atoms with van der Waals surface area (Å²) in [5.74, 6) is 0.382. The molecular formula is C34H35N3O2. The van der Waals surface area contributed by atoms with Crippen LogP contribution in [0.15, 0.2) is 95.4 Å². The molecular weight excluding hydrogens is 482 g/mol. The highest BCUT2D eigenvalue weighted by Crippen LogP contribution is 2.21. The van der Waals surface area contributed by atoms with Crippen LogP contribution in [-0.2, 0) is 17.6 Å². The molecule has 39 heavy (non-hydrogen) atoms. The van der Waals surface area contributed by atoms with Crippen LogP contribution < -0.4 is 5.32 Å². The average molecular weight is 518 g/mol. The summed E-state index contributed by atoms with van der Waals surface area (Å²) in [6.45, 7) is 9.80. The number of amidine groups is 1. The van der Waals surface area contributed by atoms with Gasteiger partial charge in [-0.2, -0.15) is 0 Å².